The smallest absolute Gasteiger partial charge is 0.0351 e. The van der Waals surface area contributed by atoms with Crippen molar-refractivity contribution in [2.24, 2.45) is 5.92 Å². The molecule has 0 N–H and O–H groups in total. The van der Waals surface area contributed by atoms with Crippen molar-refractivity contribution in [1.82, 2.24) is 0 Å². The summed E-state index contributed by atoms with van der Waals surface area (Å²) in [5, 5.41) is 0. The Morgan fingerprint density at radius 3 is 1.74 bits per heavy atom. The van der Waals surface area contributed by atoms with Crippen molar-refractivity contribution >= 4 is 0 Å². The molecule has 2 radical (unpaired) electrons. The minimum atomic E-state index is 0.982. The first kappa shape index (κ1) is 22.7. The number of unbranched alkanes of at least 4 members (excludes halogenated alkanes) is 10. The maximum Gasteiger partial charge on any atom is -0.0351 e. The van der Waals surface area contributed by atoms with Gasteiger partial charge in [-0.15, -0.1) is 0 Å². The topological polar surface area (TPSA) is 0 Å². The monoisotopic (exact) mass is 320 g/mol. The van der Waals surface area contributed by atoms with E-state index in [9.17, 15) is 0 Å². The largest absolute Gasteiger partial charge is 0.0885 e. The minimum absolute atomic E-state index is 0.982. The Morgan fingerprint density at radius 1 is 0.609 bits per heavy atom. The highest BCUT2D eigenvalue weighted by Gasteiger charge is 2.06. The van der Waals surface area contributed by atoms with Crippen LogP contribution >= 0.6 is 0 Å². The Labute approximate surface area is 148 Å². The molecule has 0 bridgehead atoms. The van der Waals surface area contributed by atoms with Gasteiger partial charge in [0.05, 0.1) is 0 Å². The standard InChI is InChI=1S/C23H44/c1-4-7-9-11-12-13-14-15-17-19-22-23(20-6-3)21-18-16-10-8-5-2/h14-15,23H,1-2,4-13,16-22H2,3H3. The van der Waals surface area contributed by atoms with Crippen LogP contribution in [0.2, 0.25) is 0 Å². The lowest BCUT2D eigenvalue weighted by atomic mass is 9.91. The van der Waals surface area contributed by atoms with Gasteiger partial charge in [-0.25, -0.2) is 0 Å². The molecule has 0 fully saturated rings. The lowest BCUT2D eigenvalue weighted by molar-refractivity contribution is 0.387. The Balaban J connectivity index is 3.51. The molecule has 0 heteroatoms. The van der Waals surface area contributed by atoms with Gasteiger partial charge in [0, 0.05) is 0 Å². The highest BCUT2D eigenvalue weighted by molar-refractivity contribution is 4.81. The molecular formula is C23H44. The number of allylic oxidation sites excluding steroid dienone is 2. The molecule has 0 heterocycles. The fourth-order valence-electron chi connectivity index (χ4n) is 3.36. The van der Waals surface area contributed by atoms with E-state index >= 15 is 0 Å². The number of rotatable bonds is 18. The maximum absolute atomic E-state index is 3.93. The van der Waals surface area contributed by atoms with E-state index in [2.05, 4.69) is 32.9 Å². The predicted octanol–water partition coefficient (Wildman–Crippen LogP) is 8.48. The summed E-state index contributed by atoms with van der Waals surface area (Å²) in [5.74, 6) is 0.982. The van der Waals surface area contributed by atoms with Gasteiger partial charge in [-0.05, 0) is 31.6 Å². The van der Waals surface area contributed by atoms with Gasteiger partial charge in [0.25, 0.3) is 0 Å². The van der Waals surface area contributed by atoms with Crippen LogP contribution in [-0.2, 0) is 0 Å². The Morgan fingerprint density at radius 2 is 1.13 bits per heavy atom. The Hall–Kier alpha value is -0.260. The van der Waals surface area contributed by atoms with Crippen molar-refractivity contribution in [3.05, 3.63) is 26.0 Å². The Bertz CT molecular complexity index is 228. The molecule has 0 nitrogen and oxygen atoms in total. The summed E-state index contributed by atoms with van der Waals surface area (Å²) in [4.78, 5) is 0. The van der Waals surface area contributed by atoms with E-state index in [1.807, 2.05) is 0 Å². The summed E-state index contributed by atoms with van der Waals surface area (Å²) in [5.41, 5.74) is 0. The molecule has 0 saturated heterocycles. The predicted molar refractivity (Wildman–Crippen MR) is 108 cm³/mol. The molecule has 23 heavy (non-hydrogen) atoms. The molecular weight excluding hydrogens is 276 g/mol. The van der Waals surface area contributed by atoms with E-state index in [1.54, 1.807) is 0 Å². The van der Waals surface area contributed by atoms with Crippen LogP contribution in [0.1, 0.15) is 116 Å². The normalized spacial score (nSPS) is 13.0. The fraction of sp³-hybridized carbons (Fsp3) is 0.826. The average molecular weight is 321 g/mol. The van der Waals surface area contributed by atoms with Crippen LogP contribution in [0.15, 0.2) is 12.2 Å². The summed E-state index contributed by atoms with van der Waals surface area (Å²) < 4.78 is 0. The molecule has 0 rings (SSSR count). The van der Waals surface area contributed by atoms with Gasteiger partial charge in [0.2, 0.25) is 0 Å². The number of hydrogen-bond acceptors (Lipinski definition) is 0. The molecule has 1 atom stereocenters. The van der Waals surface area contributed by atoms with Crippen LogP contribution in [0.3, 0.4) is 0 Å². The van der Waals surface area contributed by atoms with Gasteiger partial charge >= 0.3 is 0 Å². The SMILES string of the molecule is [CH2]CCCCCCC=CCCCC(CCC)CCCCCC[CH2]. The van der Waals surface area contributed by atoms with Crippen LogP contribution in [0.25, 0.3) is 0 Å². The van der Waals surface area contributed by atoms with Crippen LogP contribution in [0.4, 0.5) is 0 Å². The van der Waals surface area contributed by atoms with E-state index in [0.717, 1.165) is 18.8 Å². The fourth-order valence-corrected chi connectivity index (χ4v) is 3.36. The van der Waals surface area contributed by atoms with E-state index in [0.29, 0.717) is 0 Å². The van der Waals surface area contributed by atoms with Crippen LogP contribution in [-0.4, -0.2) is 0 Å². The van der Waals surface area contributed by atoms with Crippen molar-refractivity contribution in [1.29, 1.82) is 0 Å². The van der Waals surface area contributed by atoms with Crippen molar-refractivity contribution in [2.45, 2.75) is 116 Å². The summed E-state index contributed by atoms with van der Waals surface area (Å²) in [6, 6.07) is 0. The van der Waals surface area contributed by atoms with Crippen molar-refractivity contribution in [3.8, 4) is 0 Å². The summed E-state index contributed by atoms with van der Waals surface area (Å²) >= 11 is 0. The molecule has 0 amide bonds. The van der Waals surface area contributed by atoms with E-state index in [4.69, 9.17) is 0 Å². The first-order valence-corrected chi connectivity index (χ1v) is 10.6. The third-order valence-corrected chi connectivity index (χ3v) is 4.83. The first-order chi connectivity index (χ1) is 11.3. The third kappa shape index (κ3) is 17.9. The van der Waals surface area contributed by atoms with Gasteiger partial charge in [-0.3, -0.25) is 0 Å². The molecule has 0 aromatic rings. The van der Waals surface area contributed by atoms with Crippen molar-refractivity contribution in [2.75, 3.05) is 0 Å². The van der Waals surface area contributed by atoms with Crippen LogP contribution < -0.4 is 0 Å². The lowest BCUT2D eigenvalue weighted by Gasteiger charge is -2.15. The maximum atomic E-state index is 3.93. The van der Waals surface area contributed by atoms with Gasteiger partial charge in [0.1, 0.15) is 0 Å². The zero-order valence-corrected chi connectivity index (χ0v) is 16.2. The molecule has 0 aromatic carbocycles. The molecule has 0 aliphatic heterocycles. The molecule has 136 valence electrons. The van der Waals surface area contributed by atoms with Gasteiger partial charge in [-0.2, -0.15) is 0 Å². The molecule has 0 aliphatic carbocycles. The highest BCUT2D eigenvalue weighted by Crippen LogP contribution is 2.22. The molecule has 0 spiro atoms. The van der Waals surface area contributed by atoms with Gasteiger partial charge in [-0.1, -0.05) is 116 Å². The third-order valence-electron chi connectivity index (χ3n) is 4.83. The van der Waals surface area contributed by atoms with Gasteiger partial charge < -0.3 is 0 Å². The summed E-state index contributed by atoms with van der Waals surface area (Å²) in [6.45, 7) is 10.2. The number of hydrogen-bond donors (Lipinski definition) is 0. The zero-order chi connectivity index (χ0) is 17.0. The highest BCUT2D eigenvalue weighted by atomic mass is 14.1. The molecule has 1 unspecified atom stereocenters. The van der Waals surface area contributed by atoms with E-state index in [1.165, 1.54) is 96.3 Å². The molecule has 0 aromatic heterocycles. The second kappa shape index (κ2) is 19.8. The van der Waals surface area contributed by atoms with Crippen molar-refractivity contribution < 1.29 is 0 Å². The summed E-state index contributed by atoms with van der Waals surface area (Å²) in [6.07, 6.45) is 27.7. The average Bonchev–Trinajstić information content (AvgIpc) is 2.56. The van der Waals surface area contributed by atoms with E-state index < -0.39 is 0 Å². The summed E-state index contributed by atoms with van der Waals surface area (Å²) in [7, 11) is 0. The molecule has 0 saturated carbocycles. The van der Waals surface area contributed by atoms with Gasteiger partial charge in [0.15, 0.2) is 0 Å². The minimum Gasteiger partial charge on any atom is -0.0885 e. The lowest BCUT2D eigenvalue weighted by Crippen LogP contribution is -2.00. The first-order valence-electron chi connectivity index (χ1n) is 10.6. The van der Waals surface area contributed by atoms with Crippen LogP contribution in [0, 0.1) is 19.8 Å². The Kier molecular flexibility index (Phi) is 19.6. The van der Waals surface area contributed by atoms with E-state index in [-0.39, 0.29) is 0 Å². The zero-order valence-electron chi connectivity index (χ0n) is 16.2. The van der Waals surface area contributed by atoms with Crippen LogP contribution in [0.5, 0.6) is 0 Å². The second-order valence-corrected chi connectivity index (χ2v) is 7.17. The second-order valence-electron chi connectivity index (χ2n) is 7.17. The quantitative estimate of drug-likeness (QED) is 0.175. The molecule has 0 aliphatic rings. The van der Waals surface area contributed by atoms with Crippen molar-refractivity contribution in [3.63, 3.8) is 0 Å².